The molecule has 2 heterocycles. The van der Waals surface area contributed by atoms with E-state index in [1.165, 1.54) is 25.9 Å². The van der Waals surface area contributed by atoms with Gasteiger partial charge >= 0.3 is 0 Å². The molecule has 1 N–H and O–H groups in total. The van der Waals surface area contributed by atoms with Gasteiger partial charge in [-0.05, 0) is 45.8 Å². The highest BCUT2D eigenvalue weighted by Gasteiger charge is 2.16. The Morgan fingerprint density at radius 2 is 2.19 bits per heavy atom. The summed E-state index contributed by atoms with van der Waals surface area (Å²) in [6, 6.07) is 0. The molecule has 16 heavy (non-hydrogen) atoms. The van der Waals surface area contributed by atoms with Gasteiger partial charge in [0.2, 0.25) is 0 Å². The van der Waals surface area contributed by atoms with Crippen molar-refractivity contribution < 1.29 is 0 Å². The molecule has 0 amide bonds. The summed E-state index contributed by atoms with van der Waals surface area (Å²) in [5.74, 6) is 0.821. The lowest BCUT2D eigenvalue weighted by molar-refractivity contribution is 0.226. The number of nitrogens with one attached hydrogen (secondary N) is 1. The van der Waals surface area contributed by atoms with Gasteiger partial charge in [-0.25, -0.2) is 0 Å². The second-order valence-corrected chi connectivity index (χ2v) is 4.71. The second-order valence-electron chi connectivity index (χ2n) is 4.71. The molecule has 1 aromatic heterocycles. The van der Waals surface area contributed by atoms with Crippen LogP contribution in [0, 0.1) is 5.92 Å². The molecule has 0 bridgehead atoms. The van der Waals surface area contributed by atoms with Gasteiger partial charge in [0, 0.05) is 19.3 Å². The van der Waals surface area contributed by atoms with Crippen LogP contribution in [0.5, 0.6) is 0 Å². The number of aryl methyl sites for hydroxylation is 1. The van der Waals surface area contributed by atoms with Crippen LogP contribution in [0.25, 0.3) is 0 Å². The minimum Gasteiger partial charge on any atom is -0.382 e. The van der Waals surface area contributed by atoms with Crippen LogP contribution in [-0.2, 0) is 6.54 Å². The largest absolute Gasteiger partial charge is 0.382 e. The highest BCUT2D eigenvalue weighted by atomic mass is 15.3. The second kappa shape index (κ2) is 5.34. The molecule has 0 aromatic carbocycles. The van der Waals surface area contributed by atoms with Crippen molar-refractivity contribution in [2.45, 2.75) is 26.3 Å². The highest BCUT2D eigenvalue weighted by Crippen LogP contribution is 2.16. The van der Waals surface area contributed by atoms with E-state index in [4.69, 9.17) is 0 Å². The average Bonchev–Trinajstić information content (AvgIpc) is 2.76. The summed E-state index contributed by atoms with van der Waals surface area (Å²) < 4.78 is 1.96. The number of hydrogen-bond donors (Lipinski definition) is 1. The topological polar surface area (TPSA) is 33.1 Å². The van der Waals surface area contributed by atoms with E-state index in [0.717, 1.165) is 24.7 Å². The van der Waals surface area contributed by atoms with E-state index in [9.17, 15) is 0 Å². The van der Waals surface area contributed by atoms with Crippen molar-refractivity contribution in [1.29, 1.82) is 0 Å². The van der Waals surface area contributed by atoms with Crippen molar-refractivity contribution >= 4 is 5.69 Å². The third-order valence-electron chi connectivity index (χ3n) is 3.39. The number of hydrogen-bond acceptors (Lipinski definition) is 3. The molecule has 0 aliphatic carbocycles. The van der Waals surface area contributed by atoms with Gasteiger partial charge in [-0.3, -0.25) is 4.68 Å². The number of aromatic nitrogens is 2. The molecule has 0 radical (unpaired) electrons. The maximum absolute atomic E-state index is 4.26. The quantitative estimate of drug-likeness (QED) is 0.841. The van der Waals surface area contributed by atoms with E-state index < -0.39 is 0 Å². The zero-order valence-corrected chi connectivity index (χ0v) is 10.3. The summed E-state index contributed by atoms with van der Waals surface area (Å²) in [5.41, 5.74) is 1.15. The molecule has 1 aliphatic heterocycles. The Hall–Kier alpha value is -1.03. The van der Waals surface area contributed by atoms with Crippen LogP contribution in [0.15, 0.2) is 12.4 Å². The molecule has 90 valence electrons. The van der Waals surface area contributed by atoms with E-state index in [0.29, 0.717) is 0 Å². The molecule has 0 saturated carbocycles. The average molecular weight is 222 g/mol. The normalized spacial score (nSPS) is 18.9. The van der Waals surface area contributed by atoms with Crippen molar-refractivity contribution in [3.05, 3.63) is 12.4 Å². The van der Waals surface area contributed by atoms with E-state index in [-0.39, 0.29) is 0 Å². The smallest absolute Gasteiger partial charge is 0.0726 e. The summed E-state index contributed by atoms with van der Waals surface area (Å²) in [6.45, 7) is 6.61. The molecule has 0 spiro atoms. The first-order valence-electron chi connectivity index (χ1n) is 6.23. The summed E-state index contributed by atoms with van der Waals surface area (Å²) in [4.78, 5) is 2.41. The molecule has 4 nitrogen and oxygen atoms in total. The van der Waals surface area contributed by atoms with Gasteiger partial charge in [0.1, 0.15) is 0 Å². The lowest BCUT2D eigenvalue weighted by atomic mass is 9.97. The predicted octanol–water partition coefficient (Wildman–Crippen LogP) is 1.66. The monoisotopic (exact) mass is 222 g/mol. The third-order valence-corrected chi connectivity index (χ3v) is 3.39. The van der Waals surface area contributed by atoms with Crippen LogP contribution < -0.4 is 5.32 Å². The fourth-order valence-corrected chi connectivity index (χ4v) is 2.16. The van der Waals surface area contributed by atoms with Gasteiger partial charge in [-0.15, -0.1) is 0 Å². The number of likely N-dealkylation sites (tertiary alicyclic amines) is 1. The molecule has 4 heteroatoms. The SMILES string of the molecule is CCn1cc(NCC2CCN(C)CC2)cn1. The molecular weight excluding hydrogens is 200 g/mol. The summed E-state index contributed by atoms with van der Waals surface area (Å²) in [7, 11) is 2.20. The Morgan fingerprint density at radius 3 is 2.81 bits per heavy atom. The first-order valence-corrected chi connectivity index (χ1v) is 6.23. The standard InChI is InChI=1S/C12H22N4/c1-3-16-10-12(9-14-16)13-8-11-4-6-15(2)7-5-11/h9-11,13H,3-8H2,1-2H3. The van der Waals surface area contributed by atoms with Crippen LogP contribution in [0.4, 0.5) is 5.69 Å². The number of anilines is 1. The van der Waals surface area contributed by atoms with Gasteiger partial charge in [0.25, 0.3) is 0 Å². The molecule has 0 unspecified atom stereocenters. The Balaban J connectivity index is 1.74. The van der Waals surface area contributed by atoms with Gasteiger partial charge in [-0.2, -0.15) is 5.10 Å². The predicted molar refractivity (Wildman–Crippen MR) is 66.6 cm³/mol. The Labute approximate surface area is 97.6 Å². The summed E-state index contributed by atoms with van der Waals surface area (Å²) >= 11 is 0. The molecule has 1 aromatic rings. The number of piperidine rings is 1. The minimum absolute atomic E-state index is 0.821. The molecule has 1 fully saturated rings. The van der Waals surface area contributed by atoms with E-state index >= 15 is 0 Å². The molecular formula is C12H22N4. The van der Waals surface area contributed by atoms with Gasteiger partial charge in [-0.1, -0.05) is 0 Å². The Bertz CT molecular complexity index is 313. The van der Waals surface area contributed by atoms with Crippen molar-refractivity contribution in [3.8, 4) is 0 Å². The lowest BCUT2D eigenvalue weighted by Crippen LogP contribution is -2.32. The fourth-order valence-electron chi connectivity index (χ4n) is 2.16. The van der Waals surface area contributed by atoms with Gasteiger partial charge < -0.3 is 10.2 Å². The minimum atomic E-state index is 0.821. The van der Waals surface area contributed by atoms with Crippen molar-refractivity contribution in [2.24, 2.45) is 5.92 Å². The molecule has 0 atom stereocenters. The first kappa shape index (κ1) is 11.5. The van der Waals surface area contributed by atoms with Crippen LogP contribution in [-0.4, -0.2) is 41.4 Å². The fraction of sp³-hybridized carbons (Fsp3) is 0.750. The number of nitrogens with zero attached hydrogens (tertiary/aromatic N) is 3. The van der Waals surface area contributed by atoms with Crippen LogP contribution >= 0.6 is 0 Å². The third kappa shape index (κ3) is 2.98. The first-order chi connectivity index (χ1) is 7.78. The maximum atomic E-state index is 4.26. The van der Waals surface area contributed by atoms with Crippen LogP contribution in [0.3, 0.4) is 0 Å². The van der Waals surface area contributed by atoms with E-state index in [1.807, 2.05) is 10.9 Å². The van der Waals surface area contributed by atoms with E-state index in [1.54, 1.807) is 0 Å². The Morgan fingerprint density at radius 1 is 1.44 bits per heavy atom. The Kier molecular flexibility index (Phi) is 3.83. The summed E-state index contributed by atoms with van der Waals surface area (Å²) in [6.07, 6.45) is 6.62. The molecule has 1 aliphatic rings. The summed E-state index contributed by atoms with van der Waals surface area (Å²) in [5, 5.41) is 7.74. The van der Waals surface area contributed by atoms with Crippen LogP contribution in [0.1, 0.15) is 19.8 Å². The maximum Gasteiger partial charge on any atom is 0.0726 e. The van der Waals surface area contributed by atoms with Gasteiger partial charge in [0.05, 0.1) is 11.9 Å². The molecule has 1 saturated heterocycles. The molecule has 2 rings (SSSR count). The van der Waals surface area contributed by atoms with Crippen molar-refractivity contribution in [2.75, 3.05) is 32.0 Å². The zero-order valence-electron chi connectivity index (χ0n) is 10.3. The van der Waals surface area contributed by atoms with Crippen molar-refractivity contribution in [3.63, 3.8) is 0 Å². The van der Waals surface area contributed by atoms with Crippen LogP contribution in [0.2, 0.25) is 0 Å². The lowest BCUT2D eigenvalue weighted by Gasteiger charge is -2.29. The highest BCUT2D eigenvalue weighted by molar-refractivity contribution is 5.38. The van der Waals surface area contributed by atoms with Gasteiger partial charge in [0.15, 0.2) is 0 Å². The zero-order chi connectivity index (χ0) is 11.4. The van der Waals surface area contributed by atoms with E-state index in [2.05, 4.69) is 35.5 Å². The number of rotatable bonds is 4. The van der Waals surface area contributed by atoms with Crippen molar-refractivity contribution in [1.82, 2.24) is 14.7 Å².